The number of aliphatic hydroxyl groups excluding tert-OH is 1. The molecule has 0 saturated heterocycles. The minimum atomic E-state index is -0.592. The van der Waals surface area contributed by atoms with E-state index in [1.54, 1.807) is 24.3 Å². The molecule has 2 aromatic rings. The van der Waals surface area contributed by atoms with Gasteiger partial charge in [-0.2, -0.15) is 0 Å². The maximum Gasteiger partial charge on any atom is 0.157 e. The van der Waals surface area contributed by atoms with E-state index in [1.165, 1.54) is 0 Å². The van der Waals surface area contributed by atoms with E-state index < -0.39 is 6.10 Å². The molecule has 0 radical (unpaired) electrons. The highest BCUT2D eigenvalue weighted by Gasteiger charge is 2.23. The monoisotopic (exact) mass is 333 g/mol. The first-order valence-electron chi connectivity index (χ1n) is 7.71. The second kappa shape index (κ2) is 6.79. The number of benzene rings is 2. The highest BCUT2D eigenvalue weighted by atomic mass is 35.5. The Morgan fingerprint density at radius 1 is 1.09 bits per heavy atom. The minimum absolute atomic E-state index is 0.0614. The van der Waals surface area contributed by atoms with Crippen LogP contribution in [0.15, 0.2) is 36.4 Å². The van der Waals surface area contributed by atoms with Crippen molar-refractivity contribution in [2.24, 2.45) is 5.92 Å². The van der Waals surface area contributed by atoms with Crippen LogP contribution in [0.1, 0.15) is 22.8 Å². The highest BCUT2D eigenvalue weighted by Crippen LogP contribution is 2.35. The van der Waals surface area contributed by atoms with E-state index in [0.717, 1.165) is 36.1 Å². The second-order valence-electron chi connectivity index (χ2n) is 6.11. The van der Waals surface area contributed by atoms with E-state index in [1.807, 2.05) is 12.1 Å². The fraction of sp³-hybridized carbons (Fsp3) is 0.333. The molecule has 0 bridgehead atoms. The molecular formula is C18H20ClNO3. The molecule has 1 aliphatic carbocycles. The molecule has 23 heavy (non-hydrogen) atoms. The number of phenolic OH excluding ortho intramolecular Hbond substituents is 2. The molecule has 5 heteroatoms. The summed E-state index contributed by atoms with van der Waals surface area (Å²) < 4.78 is 0. The molecule has 2 aromatic carbocycles. The number of aliphatic hydroxyl groups is 1. The van der Waals surface area contributed by atoms with Crippen molar-refractivity contribution >= 4 is 11.6 Å². The summed E-state index contributed by atoms with van der Waals surface area (Å²) in [4.78, 5) is 0. The summed E-state index contributed by atoms with van der Waals surface area (Å²) in [7, 11) is 0. The molecule has 0 fully saturated rings. The van der Waals surface area contributed by atoms with E-state index in [-0.39, 0.29) is 11.5 Å². The zero-order valence-corrected chi connectivity index (χ0v) is 13.4. The second-order valence-corrected chi connectivity index (χ2v) is 6.55. The predicted octanol–water partition coefficient (Wildman–Crippen LogP) is 2.79. The summed E-state index contributed by atoms with van der Waals surface area (Å²) in [5, 5.41) is 33.2. The molecule has 0 saturated carbocycles. The van der Waals surface area contributed by atoms with Crippen molar-refractivity contribution < 1.29 is 15.3 Å². The van der Waals surface area contributed by atoms with Gasteiger partial charge in [0.25, 0.3) is 0 Å². The largest absolute Gasteiger partial charge is 0.504 e. The van der Waals surface area contributed by atoms with Gasteiger partial charge in [-0.3, -0.25) is 0 Å². The average Bonchev–Trinajstić information content (AvgIpc) is 2.89. The van der Waals surface area contributed by atoms with E-state index in [9.17, 15) is 15.3 Å². The van der Waals surface area contributed by atoms with Crippen molar-refractivity contribution in [3.05, 3.63) is 58.1 Å². The number of halogens is 1. The van der Waals surface area contributed by atoms with Crippen LogP contribution in [0.3, 0.4) is 0 Å². The SMILES string of the molecule is Oc1cc2c(cc1O)CC(CNC[C@H](O)c1cccc(Cl)c1)C2. The molecule has 0 unspecified atom stereocenters. The Hall–Kier alpha value is -1.75. The number of aromatic hydroxyl groups is 2. The third-order valence-corrected chi connectivity index (χ3v) is 4.55. The van der Waals surface area contributed by atoms with Crippen LogP contribution in [-0.4, -0.2) is 28.4 Å². The Morgan fingerprint density at radius 3 is 2.35 bits per heavy atom. The maximum atomic E-state index is 10.2. The van der Waals surface area contributed by atoms with Gasteiger partial charge in [-0.25, -0.2) is 0 Å². The molecule has 122 valence electrons. The summed E-state index contributed by atoms with van der Waals surface area (Å²) >= 11 is 5.93. The predicted molar refractivity (Wildman–Crippen MR) is 90.0 cm³/mol. The Labute approximate surface area is 140 Å². The molecule has 0 spiro atoms. The van der Waals surface area contributed by atoms with Gasteiger partial charge in [-0.05, 0) is 66.3 Å². The van der Waals surface area contributed by atoms with Crippen LogP contribution >= 0.6 is 11.6 Å². The quantitative estimate of drug-likeness (QED) is 0.635. The van der Waals surface area contributed by atoms with Crippen LogP contribution in [0, 0.1) is 5.92 Å². The van der Waals surface area contributed by atoms with Crippen LogP contribution in [0.2, 0.25) is 5.02 Å². The Balaban J connectivity index is 1.51. The first-order valence-corrected chi connectivity index (χ1v) is 8.08. The van der Waals surface area contributed by atoms with Crippen molar-refractivity contribution in [3.63, 3.8) is 0 Å². The van der Waals surface area contributed by atoms with E-state index >= 15 is 0 Å². The van der Waals surface area contributed by atoms with Crippen LogP contribution < -0.4 is 5.32 Å². The lowest BCUT2D eigenvalue weighted by Gasteiger charge is -2.15. The third kappa shape index (κ3) is 3.78. The smallest absolute Gasteiger partial charge is 0.157 e. The van der Waals surface area contributed by atoms with Crippen molar-refractivity contribution in [2.75, 3.05) is 13.1 Å². The van der Waals surface area contributed by atoms with Gasteiger partial charge in [0.2, 0.25) is 0 Å². The number of hydrogen-bond donors (Lipinski definition) is 4. The number of fused-ring (bicyclic) bond motifs is 1. The Morgan fingerprint density at radius 2 is 1.74 bits per heavy atom. The van der Waals surface area contributed by atoms with Gasteiger partial charge in [0.1, 0.15) is 0 Å². The van der Waals surface area contributed by atoms with Crippen molar-refractivity contribution in [3.8, 4) is 11.5 Å². The number of hydrogen-bond acceptors (Lipinski definition) is 4. The average molecular weight is 334 g/mol. The molecule has 4 N–H and O–H groups in total. The van der Waals surface area contributed by atoms with E-state index in [4.69, 9.17) is 11.6 Å². The van der Waals surface area contributed by atoms with Crippen LogP contribution in [0.25, 0.3) is 0 Å². The van der Waals surface area contributed by atoms with Gasteiger partial charge in [-0.1, -0.05) is 23.7 Å². The summed E-state index contributed by atoms with van der Waals surface area (Å²) in [5.74, 6) is 0.278. The Bertz CT molecular complexity index is 674. The molecular weight excluding hydrogens is 314 g/mol. The van der Waals surface area contributed by atoms with E-state index in [2.05, 4.69) is 5.32 Å². The minimum Gasteiger partial charge on any atom is -0.504 e. The first kappa shape index (κ1) is 16.1. The zero-order chi connectivity index (χ0) is 16.4. The summed E-state index contributed by atoms with van der Waals surface area (Å²) in [6.07, 6.45) is 1.14. The topological polar surface area (TPSA) is 72.7 Å². The summed E-state index contributed by atoms with van der Waals surface area (Å²) in [6.45, 7) is 1.23. The van der Waals surface area contributed by atoms with Gasteiger partial charge in [0.05, 0.1) is 6.10 Å². The highest BCUT2D eigenvalue weighted by molar-refractivity contribution is 6.30. The summed E-state index contributed by atoms with van der Waals surface area (Å²) in [6, 6.07) is 10.5. The molecule has 0 aromatic heterocycles. The van der Waals surface area contributed by atoms with Crippen LogP contribution in [-0.2, 0) is 12.8 Å². The molecule has 1 atom stereocenters. The van der Waals surface area contributed by atoms with Crippen molar-refractivity contribution in [1.82, 2.24) is 5.32 Å². The van der Waals surface area contributed by atoms with Crippen molar-refractivity contribution in [2.45, 2.75) is 18.9 Å². The summed E-state index contributed by atoms with van der Waals surface area (Å²) in [5.41, 5.74) is 2.97. The van der Waals surface area contributed by atoms with Crippen molar-refractivity contribution in [1.29, 1.82) is 0 Å². The standard InChI is InChI=1S/C18H20ClNO3/c19-15-3-1-2-12(6-15)18(23)10-20-9-11-4-13-7-16(21)17(22)8-14(13)5-11/h1-3,6-8,11,18,20-23H,4-5,9-10H2/t18-/m0/s1. The molecule has 3 rings (SSSR count). The molecule has 0 heterocycles. The third-order valence-electron chi connectivity index (χ3n) is 4.32. The lowest BCUT2D eigenvalue weighted by atomic mass is 10.1. The molecule has 0 aliphatic heterocycles. The normalized spacial score (nSPS) is 15.6. The zero-order valence-electron chi connectivity index (χ0n) is 12.7. The lowest BCUT2D eigenvalue weighted by Crippen LogP contribution is -2.27. The molecule has 0 amide bonds. The number of nitrogens with one attached hydrogen (secondary N) is 1. The van der Waals surface area contributed by atoms with Gasteiger partial charge < -0.3 is 20.6 Å². The fourth-order valence-electron chi connectivity index (χ4n) is 3.14. The van der Waals surface area contributed by atoms with Crippen LogP contribution in [0.5, 0.6) is 11.5 Å². The number of rotatable bonds is 5. The molecule has 1 aliphatic rings. The van der Waals surface area contributed by atoms with Crippen LogP contribution in [0.4, 0.5) is 0 Å². The maximum absolute atomic E-state index is 10.2. The lowest BCUT2D eigenvalue weighted by molar-refractivity contribution is 0.173. The molecule has 4 nitrogen and oxygen atoms in total. The van der Waals surface area contributed by atoms with Gasteiger partial charge >= 0.3 is 0 Å². The van der Waals surface area contributed by atoms with E-state index in [0.29, 0.717) is 17.5 Å². The fourth-order valence-corrected chi connectivity index (χ4v) is 3.34. The Kier molecular flexibility index (Phi) is 4.76. The van der Waals surface area contributed by atoms with Gasteiger partial charge in [0.15, 0.2) is 11.5 Å². The van der Waals surface area contributed by atoms with Gasteiger partial charge in [-0.15, -0.1) is 0 Å². The first-order chi connectivity index (χ1) is 11.0. The van der Waals surface area contributed by atoms with Gasteiger partial charge in [0, 0.05) is 11.6 Å². The number of phenols is 2.